The number of aliphatic hydroxyl groups excluding tert-OH is 1. The molecule has 106 valence electrons. The lowest BCUT2D eigenvalue weighted by molar-refractivity contribution is 0.219. The molecular formula is C17H21NO2. The van der Waals surface area contributed by atoms with E-state index < -0.39 is 6.10 Å². The van der Waals surface area contributed by atoms with Crippen LogP contribution in [-0.4, -0.2) is 17.2 Å². The zero-order valence-electron chi connectivity index (χ0n) is 12.7. The number of aryl methyl sites for hydroxylation is 4. The van der Waals surface area contributed by atoms with E-state index in [1.165, 1.54) is 0 Å². The van der Waals surface area contributed by atoms with Crippen molar-refractivity contribution in [1.82, 2.24) is 4.98 Å². The summed E-state index contributed by atoms with van der Waals surface area (Å²) in [5, 5.41) is 10.6. The van der Waals surface area contributed by atoms with Gasteiger partial charge in [-0.15, -0.1) is 0 Å². The van der Waals surface area contributed by atoms with E-state index in [4.69, 9.17) is 4.74 Å². The Labute approximate surface area is 120 Å². The van der Waals surface area contributed by atoms with Gasteiger partial charge in [0.25, 0.3) is 0 Å². The maximum absolute atomic E-state index is 10.6. The van der Waals surface area contributed by atoms with Crippen molar-refractivity contribution in [3.8, 4) is 5.75 Å². The Morgan fingerprint density at radius 1 is 0.950 bits per heavy atom. The van der Waals surface area contributed by atoms with Crippen molar-refractivity contribution in [2.24, 2.45) is 0 Å². The molecule has 1 aromatic heterocycles. The van der Waals surface area contributed by atoms with Crippen molar-refractivity contribution >= 4 is 0 Å². The molecule has 1 aromatic carbocycles. The number of nitrogens with zero attached hydrogens (tertiary/aromatic N) is 1. The van der Waals surface area contributed by atoms with Gasteiger partial charge < -0.3 is 9.84 Å². The van der Waals surface area contributed by atoms with Gasteiger partial charge in [-0.25, -0.2) is 0 Å². The Hall–Kier alpha value is -1.87. The van der Waals surface area contributed by atoms with Crippen LogP contribution >= 0.6 is 0 Å². The third kappa shape index (κ3) is 2.83. The highest BCUT2D eigenvalue weighted by Gasteiger charge is 2.16. The molecule has 0 spiro atoms. The average molecular weight is 271 g/mol. The Bertz CT molecular complexity index is 615. The fourth-order valence-corrected chi connectivity index (χ4v) is 2.53. The van der Waals surface area contributed by atoms with Crippen LogP contribution in [0.15, 0.2) is 24.3 Å². The van der Waals surface area contributed by atoms with Gasteiger partial charge in [0.2, 0.25) is 0 Å². The van der Waals surface area contributed by atoms with Crippen molar-refractivity contribution in [3.05, 3.63) is 57.9 Å². The van der Waals surface area contributed by atoms with Crippen LogP contribution in [0.3, 0.4) is 0 Å². The molecule has 1 heterocycles. The lowest BCUT2D eigenvalue weighted by Crippen LogP contribution is -2.05. The van der Waals surface area contributed by atoms with E-state index in [0.29, 0.717) is 0 Å². The molecule has 0 fully saturated rings. The van der Waals surface area contributed by atoms with Crippen molar-refractivity contribution in [2.45, 2.75) is 33.8 Å². The van der Waals surface area contributed by atoms with Gasteiger partial charge in [0.1, 0.15) is 11.9 Å². The summed E-state index contributed by atoms with van der Waals surface area (Å²) in [5.41, 5.74) is 5.67. The number of methoxy groups -OCH3 is 1. The van der Waals surface area contributed by atoms with Gasteiger partial charge in [0, 0.05) is 11.4 Å². The number of aromatic nitrogens is 1. The number of ether oxygens (including phenoxy) is 1. The van der Waals surface area contributed by atoms with Crippen molar-refractivity contribution < 1.29 is 9.84 Å². The number of aliphatic hydroxyl groups is 1. The third-order valence-electron chi connectivity index (χ3n) is 3.50. The predicted molar refractivity (Wildman–Crippen MR) is 80.2 cm³/mol. The summed E-state index contributed by atoms with van der Waals surface area (Å²) in [6.45, 7) is 7.85. The number of benzene rings is 1. The maximum atomic E-state index is 10.6. The van der Waals surface area contributed by atoms with Crippen LogP contribution in [0.5, 0.6) is 5.75 Å². The van der Waals surface area contributed by atoms with Gasteiger partial charge in [-0.2, -0.15) is 0 Å². The Morgan fingerprint density at radius 3 is 2.10 bits per heavy atom. The van der Waals surface area contributed by atoms with Gasteiger partial charge in [0.05, 0.1) is 7.11 Å². The molecule has 0 saturated carbocycles. The van der Waals surface area contributed by atoms with Gasteiger partial charge in [0.15, 0.2) is 0 Å². The van der Waals surface area contributed by atoms with Crippen LogP contribution in [0.4, 0.5) is 0 Å². The fraction of sp³-hybridized carbons (Fsp3) is 0.353. The SMILES string of the molecule is COc1cc(C)c(C(O)c2cc(C)nc(C)c2)cc1C. The van der Waals surface area contributed by atoms with Crippen LogP contribution in [-0.2, 0) is 0 Å². The van der Waals surface area contributed by atoms with Crippen molar-refractivity contribution in [2.75, 3.05) is 7.11 Å². The zero-order valence-corrected chi connectivity index (χ0v) is 12.7. The Kier molecular flexibility index (Phi) is 4.09. The van der Waals surface area contributed by atoms with Gasteiger partial charge >= 0.3 is 0 Å². The van der Waals surface area contributed by atoms with Gasteiger partial charge in [-0.1, -0.05) is 0 Å². The molecule has 2 rings (SSSR count). The summed E-state index contributed by atoms with van der Waals surface area (Å²) in [6.07, 6.45) is -0.639. The zero-order chi connectivity index (χ0) is 14.9. The van der Waals surface area contributed by atoms with Crippen LogP contribution in [0.2, 0.25) is 0 Å². The highest BCUT2D eigenvalue weighted by atomic mass is 16.5. The van der Waals surface area contributed by atoms with Crippen molar-refractivity contribution in [1.29, 1.82) is 0 Å². The van der Waals surface area contributed by atoms with Crippen LogP contribution in [0.25, 0.3) is 0 Å². The van der Waals surface area contributed by atoms with E-state index in [1.807, 2.05) is 52.0 Å². The normalized spacial score (nSPS) is 12.3. The van der Waals surface area contributed by atoms with E-state index in [0.717, 1.165) is 39.4 Å². The molecule has 0 aliphatic carbocycles. The summed E-state index contributed by atoms with van der Waals surface area (Å²) in [5.74, 6) is 0.848. The molecule has 3 heteroatoms. The summed E-state index contributed by atoms with van der Waals surface area (Å²) >= 11 is 0. The Morgan fingerprint density at radius 2 is 1.55 bits per heavy atom. The molecule has 0 aliphatic heterocycles. The molecule has 1 atom stereocenters. The molecule has 0 bridgehead atoms. The van der Waals surface area contributed by atoms with E-state index in [9.17, 15) is 5.11 Å². The summed E-state index contributed by atoms with van der Waals surface area (Å²) in [7, 11) is 1.66. The summed E-state index contributed by atoms with van der Waals surface area (Å²) in [6, 6.07) is 7.81. The van der Waals surface area contributed by atoms with Crippen LogP contribution in [0.1, 0.15) is 39.7 Å². The molecule has 2 aromatic rings. The highest BCUT2D eigenvalue weighted by molar-refractivity contribution is 5.45. The average Bonchev–Trinajstić information content (AvgIpc) is 2.39. The third-order valence-corrected chi connectivity index (χ3v) is 3.50. The number of hydrogen-bond acceptors (Lipinski definition) is 3. The van der Waals surface area contributed by atoms with Gasteiger partial charge in [-0.05, 0) is 74.2 Å². The van der Waals surface area contributed by atoms with Crippen LogP contribution in [0, 0.1) is 27.7 Å². The molecule has 0 amide bonds. The summed E-state index contributed by atoms with van der Waals surface area (Å²) < 4.78 is 5.31. The fourth-order valence-electron chi connectivity index (χ4n) is 2.53. The maximum Gasteiger partial charge on any atom is 0.122 e. The second kappa shape index (κ2) is 5.63. The number of hydrogen-bond donors (Lipinski definition) is 1. The first-order valence-corrected chi connectivity index (χ1v) is 6.70. The van der Waals surface area contributed by atoms with Crippen LogP contribution < -0.4 is 4.74 Å². The minimum atomic E-state index is -0.639. The Balaban J connectivity index is 2.47. The smallest absolute Gasteiger partial charge is 0.122 e. The quantitative estimate of drug-likeness (QED) is 0.930. The van der Waals surface area contributed by atoms with Crippen molar-refractivity contribution in [3.63, 3.8) is 0 Å². The molecule has 0 radical (unpaired) electrons. The second-order valence-electron chi connectivity index (χ2n) is 5.26. The lowest BCUT2D eigenvalue weighted by atomic mass is 9.95. The molecule has 1 unspecified atom stereocenters. The second-order valence-corrected chi connectivity index (χ2v) is 5.26. The number of rotatable bonds is 3. The highest BCUT2D eigenvalue weighted by Crippen LogP contribution is 2.30. The summed E-state index contributed by atoms with van der Waals surface area (Å²) in [4.78, 5) is 4.35. The molecule has 0 saturated heterocycles. The standard InChI is InChI=1S/C17H21NO2/c1-10-7-16(20-5)11(2)6-15(10)17(19)14-8-12(3)18-13(4)9-14/h6-9,17,19H,1-5H3. The molecule has 0 aliphatic rings. The van der Waals surface area contributed by atoms with E-state index in [-0.39, 0.29) is 0 Å². The predicted octanol–water partition coefficient (Wildman–Crippen LogP) is 3.41. The minimum Gasteiger partial charge on any atom is -0.496 e. The number of pyridine rings is 1. The monoisotopic (exact) mass is 271 g/mol. The minimum absolute atomic E-state index is 0.639. The molecular weight excluding hydrogens is 250 g/mol. The first-order valence-electron chi connectivity index (χ1n) is 6.70. The molecule has 1 N–H and O–H groups in total. The first kappa shape index (κ1) is 14.5. The topological polar surface area (TPSA) is 42.4 Å². The van der Waals surface area contributed by atoms with Gasteiger partial charge in [-0.3, -0.25) is 4.98 Å². The lowest BCUT2D eigenvalue weighted by Gasteiger charge is -2.17. The van der Waals surface area contributed by atoms with E-state index in [2.05, 4.69) is 4.98 Å². The molecule has 3 nitrogen and oxygen atoms in total. The van der Waals surface area contributed by atoms with E-state index >= 15 is 0 Å². The first-order chi connectivity index (χ1) is 9.42. The van der Waals surface area contributed by atoms with E-state index in [1.54, 1.807) is 7.11 Å². The molecule has 20 heavy (non-hydrogen) atoms. The largest absolute Gasteiger partial charge is 0.496 e.